The Kier molecular flexibility index (Phi) is 7.01. The molecule has 1 heterocycles. The molecule has 2 unspecified atom stereocenters. The lowest BCUT2D eigenvalue weighted by atomic mass is 9.72. The van der Waals surface area contributed by atoms with E-state index in [1.165, 1.54) is 18.4 Å². The molecule has 1 aliphatic rings. The molecular weight excluding hydrogens is 434 g/mol. The second-order valence-electron chi connectivity index (χ2n) is 9.16. The number of halogens is 1. The molecule has 168 valence electrons. The van der Waals surface area contributed by atoms with E-state index in [1.807, 2.05) is 6.92 Å². The van der Waals surface area contributed by atoms with Gasteiger partial charge in [0.15, 0.2) is 6.10 Å². The minimum atomic E-state index is -0.744. The Labute approximate surface area is 193 Å². The molecule has 2 atom stereocenters. The number of carbonyl (C=O) groups excluding carboxylic acids is 2. The van der Waals surface area contributed by atoms with Crippen molar-refractivity contribution in [3.05, 3.63) is 44.8 Å². The Balaban J connectivity index is 1.82. The van der Waals surface area contributed by atoms with Gasteiger partial charge in [-0.1, -0.05) is 32.4 Å². The molecule has 0 saturated heterocycles. The number of carbonyl (C=O) groups is 2. The van der Waals surface area contributed by atoms with Gasteiger partial charge in [-0.25, -0.2) is 4.79 Å². The summed E-state index contributed by atoms with van der Waals surface area (Å²) in [5.41, 5.74) is 2.53. The SMILES string of the molecule is COC(=O)c1c(NC(=O)C(C)Oc2ccc(Cl)cc2C)sc2c1CCC(C(C)(C)C)C2. The standard InChI is InChI=1S/C24H30ClNO4S/c1-13-11-16(25)8-10-18(13)30-14(2)21(27)26-22-20(23(28)29-6)17-9-7-15(24(3,4)5)12-19(17)31-22/h8,10-11,14-15H,7,9,12H2,1-6H3,(H,26,27). The summed E-state index contributed by atoms with van der Waals surface area (Å²) in [5.74, 6) is 0.399. The number of benzene rings is 1. The molecule has 2 aromatic rings. The van der Waals surface area contributed by atoms with Crippen LogP contribution in [0.1, 0.15) is 60.5 Å². The summed E-state index contributed by atoms with van der Waals surface area (Å²) >= 11 is 7.47. The van der Waals surface area contributed by atoms with Crippen LogP contribution in [0.4, 0.5) is 5.00 Å². The zero-order chi connectivity index (χ0) is 22.9. The van der Waals surface area contributed by atoms with Gasteiger partial charge in [0.05, 0.1) is 12.7 Å². The highest BCUT2D eigenvalue weighted by molar-refractivity contribution is 7.17. The molecule has 7 heteroatoms. The highest BCUT2D eigenvalue weighted by Crippen LogP contribution is 2.44. The molecule has 0 radical (unpaired) electrons. The van der Waals surface area contributed by atoms with Crippen molar-refractivity contribution in [1.82, 2.24) is 0 Å². The van der Waals surface area contributed by atoms with Crippen LogP contribution in [0.25, 0.3) is 0 Å². The number of amides is 1. The fourth-order valence-electron chi connectivity index (χ4n) is 3.93. The summed E-state index contributed by atoms with van der Waals surface area (Å²) in [6.45, 7) is 10.3. The molecule has 0 saturated carbocycles. The Morgan fingerprint density at radius 2 is 2.00 bits per heavy atom. The van der Waals surface area contributed by atoms with Gasteiger partial charge in [-0.15, -0.1) is 11.3 Å². The largest absolute Gasteiger partial charge is 0.481 e. The van der Waals surface area contributed by atoms with Crippen LogP contribution in [-0.4, -0.2) is 25.1 Å². The number of ether oxygens (including phenoxy) is 2. The van der Waals surface area contributed by atoms with Crippen LogP contribution < -0.4 is 10.1 Å². The molecule has 1 aliphatic carbocycles. The normalized spacial score (nSPS) is 16.9. The summed E-state index contributed by atoms with van der Waals surface area (Å²) in [6, 6.07) is 5.26. The minimum Gasteiger partial charge on any atom is -0.481 e. The Morgan fingerprint density at radius 3 is 2.61 bits per heavy atom. The molecule has 1 N–H and O–H groups in total. The molecule has 5 nitrogen and oxygen atoms in total. The summed E-state index contributed by atoms with van der Waals surface area (Å²) in [7, 11) is 1.37. The smallest absolute Gasteiger partial charge is 0.341 e. The van der Waals surface area contributed by atoms with Crippen LogP contribution >= 0.6 is 22.9 Å². The third-order valence-electron chi connectivity index (χ3n) is 5.93. The quantitative estimate of drug-likeness (QED) is 0.548. The molecule has 31 heavy (non-hydrogen) atoms. The number of esters is 1. The fraction of sp³-hybridized carbons (Fsp3) is 0.500. The zero-order valence-corrected chi connectivity index (χ0v) is 20.5. The van der Waals surface area contributed by atoms with Crippen molar-refractivity contribution < 1.29 is 19.1 Å². The van der Waals surface area contributed by atoms with Gasteiger partial charge in [0.25, 0.3) is 5.91 Å². The summed E-state index contributed by atoms with van der Waals surface area (Å²) in [5, 5.41) is 4.07. The number of fused-ring (bicyclic) bond motifs is 1. The topological polar surface area (TPSA) is 64.6 Å². The summed E-state index contributed by atoms with van der Waals surface area (Å²) < 4.78 is 10.9. The molecule has 1 amide bonds. The van der Waals surface area contributed by atoms with E-state index in [1.54, 1.807) is 25.1 Å². The first kappa shape index (κ1) is 23.6. The molecule has 0 fully saturated rings. The van der Waals surface area contributed by atoms with Crippen molar-refractivity contribution in [3.63, 3.8) is 0 Å². The highest BCUT2D eigenvalue weighted by atomic mass is 35.5. The van der Waals surface area contributed by atoms with E-state index in [-0.39, 0.29) is 11.3 Å². The van der Waals surface area contributed by atoms with Crippen molar-refractivity contribution in [2.24, 2.45) is 11.3 Å². The van der Waals surface area contributed by atoms with Crippen LogP contribution in [0.2, 0.25) is 5.02 Å². The first-order chi connectivity index (χ1) is 14.5. The van der Waals surface area contributed by atoms with Crippen LogP contribution in [0.15, 0.2) is 18.2 Å². The maximum absolute atomic E-state index is 12.9. The highest BCUT2D eigenvalue weighted by Gasteiger charge is 2.34. The van der Waals surface area contributed by atoms with E-state index in [2.05, 4.69) is 26.1 Å². The summed E-state index contributed by atoms with van der Waals surface area (Å²) in [4.78, 5) is 26.6. The van der Waals surface area contributed by atoms with E-state index < -0.39 is 12.1 Å². The number of hydrogen-bond donors (Lipinski definition) is 1. The molecule has 0 aliphatic heterocycles. The van der Waals surface area contributed by atoms with E-state index >= 15 is 0 Å². The third kappa shape index (κ3) is 5.24. The van der Waals surface area contributed by atoms with E-state index in [0.29, 0.717) is 27.3 Å². The number of rotatable bonds is 5. The second-order valence-corrected chi connectivity index (χ2v) is 10.7. The molecule has 3 rings (SSSR count). The first-order valence-electron chi connectivity index (χ1n) is 10.5. The average Bonchev–Trinajstić information content (AvgIpc) is 3.05. The van der Waals surface area contributed by atoms with Crippen molar-refractivity contribution >= 4 is 39.8 Å². The van der Waals surface area contributed by atoms with Crippen molar-refractivity contribution in [1.29, 1.82) is 0 Å². The lowest BCUT2D eigenvalue weighted by molar-refractivity contribution is -0.122. The van der Waals surface area contributed by atoms with Gasteiger partial charge in [-0.3, -0.25) is 4.79 Å². The maximum atomic E-state index is 12.9. The van der Waals surface area contributed by atoms with Gasteiger partial charge in [0.2, 0.25) is 0 Å². The van der Waals surface area contributed by atoms with Crippen LogP contribution in [0.5, 0.6) is 5.75 Å². The molecule has 0 bridgehead atoms. The second kappa shape index (κ2) is 9.21. The van der Waals surface area contributed by atoms with Crippen molar-refractivity contribution in [2.75, 3.05) is 12.4 Å². The third-order valence-corrected chi connectivity index (χ3v) is 7.33. The molecule has 0 spiro atoms. The van der Waals surface area contributed by atoms with Crippen molar-refractivity contribution in [3.8, 4) is 5.75 Å². The fourth-order valence-corrected chi connectivity index (χ4v) is 5.48. The van der Waals surface area contributed by atoms with E-state index in [0.717, 1.165) is 35.3 Å². The van der Waals surface area contributed by atoms with E-state index in [9.17, 15) is 9.59 Å². The molecule has 1 aromatic carbocycles. The summed E-state index contributed by atoms with van der Waals surface area (Å²) in [6.07, 6.45) is 1.98. The zero-order valence-electron chi connectivity index (χ0n) is 18.9. The predicted octanol–water partition coefficient (Wildman–Crippen LogP) is 6.05. The van der Waals surface area contributed by atoms with Gasteiger partial charge in [-0.05, 0) is 73.8 Å². The Hall–Kier alpha value is -2.05. The van der Waals surface area contributed by atoms with Gasteiger partial charge in [0, 0.05) is 9.90 Å². The van der Waals surface area contributed by atoms with Gasteiger partial charge in [0.1, 0.15) is 10.8 Å². The number of thiophene rings is 1. The predicted molar refractivity (Wildman–Crippen MR) is 126 cm³/mol. The van der Waals surface area contributed by atoms with Crippen LogP contribution in [0.3, 0.4) is 0 Å². The van der Waals surface area contributed by atoms with Gasteiger partial charge < -0.3 is 14.8 Å². The number of methoxy groups -OCH3 is 1. The van der Waals surface area contributed by atoms with Crippen LogP contribution in [-0.2, 0) is 22.4 Å². The average molecular weight is 464 g/mol. The minimum absolute atomic E-state index is 0.190. The van der Waals surface area contributed by atoms with Gasteiger partial charge in [-0.2, -0.15) is 0 Å². The first-order valence-corrected chi connectivity index (χ1v) is 11.7. The van der Waals surface area contributed by atoms with Crippen molar-refractivity contribution in [2.45, 2.75) is 60.0 Å². The Bertz CT molecular complexity index is 992. The number of nitrogens with one attached hydrogen (secondary N) is 1. The monoisotopic (exact) mass is 463 g/mol. The number of aryl methyl sites for hydroxylation is 1. The number of hydrogen-bond acceptors (Lipinski definition) is 5. The Morgan fingerprint density at radius 1 is 1.29 bits per heavy atom. The lowest BCUT2D eigenvalue weighted by Crippen LogP contribution is -2.30. The molecule has 1 aromatic heterocycles. The lowest BCUT2D eigenvalue weighted by Gasteiger charge is -2.33. The maximum Gasteiger partial charge on any atom is 0.341 e. The molecular formula is C24H30ClNO4S. The van der Waals surface area contributed by atoms with Crippen LogP contribution in [0, 0.1) is 18.3 Å². The van der Waals surface area contributed by atoms with Gasteiger partial charge >= 0.3 is 5.97 Å². The van der Waals surface area contributed by atoms with E-state index in [4.69, 9.17) is 21.1 Å². The number of anilines is 1.